The van der Waals surface area contributed by atoms with Gasteiger partial charge in [-0.05, 0) is 42.4 Å². The molecule has 2 rings (SSSR count). The quantitative estimate of drug-likeness (QED) is 0.651. The van der Waals surface area contributed by atoms with Crippen molar-refractivity contribution in [3.05, 3.63) is 0 Å². The van der Waals surface area contributed by atoms with Gasteiger partial charge in [0, 0.05) is 12.4 Å². The average Bonchev–Trinajstić information content (AvgIpc) is 2.43. The second kappa shape index (κ2) is 3.95. The molecule has 0 saturated heterocycles. The Balaban J connectivity index is 2.21. The summed E-state index contributed by atoms with van der Waals surface area (Å²) < 4.78 is 0. The molecule has 0 spiro atoms. The summed E-state index contributed by atoms with van der Waals surface area (Å²) in [6.45, 7) is 7.16. The first kappa shape index (κ1) is 10.7. The number of rotatable bonds is 0. The molecule has 84 valence electrons. The van der Waals surface area contributed by atoms with Crippen molar-refractivity contribution >= 4 is 12.4 Å². The molecular weight excluding hydrogens is 186 g/mol. The molecule has 0 radical (unpaired) electrons. The normalized spacial score (nSPS) is 43.0. The van der Waals surface area contributed by atoms with E-state index >= 15 is 0 Å². The lowest BCUT2D eigenvalue weighted by Gasteiger charge is -2.29. The van der Waals surface area contributed by atoms with Crippen molar-refractivity contribution < 1.29 is 0 Å². The fourth-order valence-electron chi connectivity index (χ4n) is 3.45. The maximum Gasteiger partial charge on any atom is 0.0266 e. The Morgan fingerprint density at radius 3 is 2.60 bits per heavy atom. The number of fused-ring (bicyclic) bond motifs is 1. The van der Waals surface area contributed by atoms with Crippen LogP contribution in [-0.2, 0) is 0 Å². The highest BCUT2D eigenvalue weighted by atomic mass is 15.5. The van der Waals surface area contributed by atoms with Crippen LogP contribution in [0.4, 0.5) is 0 Å². The molecule has 3 unspecified atom stereocenters. The number of hydrazone groups is 2. The second-order valence-electron chi connectivity index (χ2n) is 5.64. The summed E-state index contributed by atoms with van der Waals surface area (Å²) in [7, 11) is 0. The Bertz CT molecular complexity index is 281. The van der Waals surface area contributed by atoms with Gasteiger partial charge in [0.15, 0.2) is 0 Å². The predicted molar refractivity (Wildman–Crippen MR) is 63.9 cm³/mol. The van der Waals surface area contributed by atoms with Crippen molar-refractivity contribution in [3.63, 3.8) is 0 Å². The fourth-order valence-corrected chi connectivity index (χ4v) is 3.45. The highest BCUT2D eigenvalue weighted by Crippen LogP contribution is 2.52. The van der Waals surface area contributed by atoms with Gasteiger partial charge >= 0.3 is 0 Å². The summed E-state index contributed by atoms with van der Waals surface area (Å²) >= 11 is 0. The Morgan fingerprint density at radius 2 is 1.87 bits per heavy atom. The second-order valence-corrected chi connectivity index (χ2v) is 5.64. The summed E-state index contributed by atoms with van der Waals surface area (Å²) in [5, 5.41) is 8.13. The lowest BCUT2D eigenvalue weighted by molar-refractivity contribution is 0.228. The highest BCUT2D eigenvalue weighted by molar-refractivity contribution is 5.61. The molecule has 3 heteroatoms. The molecule has 0 aromatic heterocycles. The molecular formula is C12H21N3. The third kappa shape index (κ3) is 2.06. The van der Waals surface area contributed by atoms with Crippen LogP contribution in [0.3, 0.4) is 0 Å². The van der Waals surface area contributed by atoms with E-state index in [1.807, 2.05) is 12.4 Å². The monoisotopic (exact) mass is 207 g/mol. The van der Waals surface area contributed by atoms with E-state index in [9.17, 15) is 0 Å². The third-order valence-corrected chi connectivity index (χ3v) is 4.13. The first-order valence-electron chi connectivity index (χ1n) is 5.89. The molecule has 3 nitrogen and oxygen atoms in total. The first-order chi connectivity index (χ1) is 7.11. The van der Waals surface area contributed by atoms with Gasteiger partial charge in [-0.15, -0.1) is 0 Å². The maximum absolute atomic E-state index is 4.07. The molecule has 2 aliphatic rings. The van der Waals surface area contributed by atoms with E-state index in [-0.39, 0.29) is 0 Å². The molecule has 0 amide bonds. The molecule has 0 aromatic rings. The smallest absolute Gasteiger partial charge is 0.0266 e. The van der Waals surface area contributed by atoms with E-state index < -0.39 is 0 Å². The van der Waals surface area contributed by atoms with Crippen LogP contribution in [0, 0.1) is 23.2 Å². The van der Waals surface area contributed by atoms with E-state index in [0.29, 0.717) is 5.41 Å². The minimum Gasteiger partial charge on any atom is -0.199 e. The van der Waals surface area contributed by atoms with Gasteiger partial charge in [-0.25, -0.2) is 0 Å². The summed E-state index contributed by atoms with van der Waals surface area (Å²) in [6.07, 6.45) is 7.47. The van der Waals surface area contributed by atoms with Crippen molar-refractivity contribution in [2.75, 3.05) is 0 Å². The van der Waals surface area contributed by atoms with Crippen LogP contribution >= 0.6 is 0 Å². The van der Waals surface area contributed by atoms with Gasteiger partial charge < -0.3 is 0 Å². The van der Waals surface area contributed by atoms with Crippen molar-refractivity contribution in [1.82, 2.24) is 5.53 Å². The summed E-state index contributed by atoms with van der Waals surface area (Å²) in [5.41, 5.74) is 3.15. The van der Waals surface area contributed by atoms with Crippen molar-refractivity contribution in [2.24, 2.45) is 33.4 Å². The van der Waals surface area contributed by atoms with Crippen molar-refractivity contribution in [2.45, 2.75) is 40.0 Å². The largest absolute Gasteiger partial charge is 0.199 e. The minimum absolute atomic E-state index is 0.453. The van der Waals surface area contributed by atoms with Gasteiger partial charge in [-0.3, -0.25) is 0 Å². The topological polar surface area (TPSA) is 36.8 Å². The molecule has 1 heterocycles. The zero-order chi connectivity index (χ0) is 10.9. The number of nitrogens with one attached hydrogen (secondary N) is 1. The van der Waals surface area contributed by atoms with E-state index in [4.69, 9.17) is 0 Å². The van der Waals surface area contributed by atoms with Crippen molar-refractivity contribution in [3.8, 4) is 0 Å². The summed E-state index contributed by atoms with van der Waals surface area (Å²) in [6, 6.07) is 0. The third-order valence-electron chi connectivity index (χ3n) is 4.13. The standard InChI is InChI=1S/C12H21N3/c1-9-8-12(2,3)11-5-7-14-15-13-6-4-10(9)11/h6-7,9-11,15H,4-5,8H2,1-3H3/b13-6+,14-7+. The van der Waals surface area contributed by atoms with Crippen LogP contribution in [0.2, 0.25) is 0 Å². The predicted octanol–water partition coefficient (Wildman–Crippen LogP) is 2.64. The zero-order valence-corrected chi connectivity index (χ0v) is 9.90. The van der Waals surface area contributed by atoms with Gasteiger partial charge in [-0.1, -0.05) is 20.8 Å². The molecule has 1 N–H and O–H groups in total. The lowest BCUT2D eigenvalue weighted by Crippen LogP contribution is -2.23. The minimum atomic E-state index is 0.453. The van der Waals surface area contributed by atoms with Crippen molar-refractivity contribution in [1.29, 1.82) is 0 Å². The molecule has 1 aliphatic heterocycles. The molecule has 1 saturated carbocycles. The van der Waals surface area contributed by atoms with E-state index in [0.717, 1.165) is 30.6 Å². The van der Waals surface area contributed by atoms with Gasteiger partial charge in [0.1, 0.15) is 0 Å². The number of hydrogen-bond donors (Lipinski definition) is 1. The molecule has 1 fully saturated rings. The summed E-state index contributed by atoms with van der Waals surface area (Å²) in [5.74, 6) is 2.33. The van der Waals surface area contributed by atoms with E-state index in [1.54, 1.807) is 0 Å². The lowest BCUT2D eigenvalue weighted by atomic mass is 9.76. The Kier molecular flexibility index (Phi) is 2.81. The van der Waals surface area contributed by atoms with Gasteiger partial charge in [0.05, 0.1) is 0 Å². The van der Waals surface area contributed by atoms with Crippen LogP contribution < -0.4 is 5.53 Å². The SMILES string of the molecule is CC1CC(C)(C)C2C/C=N/N/N=C/CC12. The average molecular weight is 207 g/mol. The number of hydrogen-bond acceptors (Lipinski definition) is 3. The molecule has 3 atom stereocenters. The molecule has 1 aliphatic carbocycles. The maximum atomic E-state index is 4.07. The first-order valence-corrected chi connectivity index (χ1v) is 5.89. The number of nitrogens with zero attached hydrogens (tertiary/aromatic N) is 2. The molecule has 0 aromatic carbocycles. The van der Waals surface area contributed by atoms with Crippen LogP contribution in [0.15, 0.2) is 10.2 Å². The Labute approximate surface area is 92.0 Å². The van der Waals surface area contributed by atoms with Crippen LogP contribution in [0.5, 0.6) is 0 Å². The fraction of sp³-hybridized carbons (Fsp3) is 0.833. The van der Waals surface area contributed by atoms with Gasteiger partial charge in [0.2, 0.25) is 0 Å². The zero-order valence-electron chi connectivity index (χ0n) is 9.90. The van der Waals surface area contributed by atoms with E-state index in [1.165, 1.54) is 6.42 Å². The van der Waals surface area contributed by atoms with Gasteiger partial charge in [-0.2, -0.15) is 15.7 Å². The van der Waals surface area contributed by atoms with Crippen LogP contribution in [0.25, 0.3) is 0 Å². The molecule has 0 bridgehead atoms. The van der Waals surface area contributed by atoms with Gasteiger partial charge in [0.25, 0.3) is 0 Å². The van der Waals surface area contributed by atoms with E-state index in [2.05, 4.69) is 36.5 Å². The Hall–Kier alpha value is -0.860. The van der Waals surface area contributed by atoms with Crippen LogP contribution in [0.1, 0.15) is 40.0 Å². The Morgan fingerprint density at radius 1 is 1.20 bits per heavy atom. The molecule has 15 heavy (non-hydrogen) atoms. The van der Waals surface area contributed by atoms with Crippen LogP contribution in [-0.4, -0.2) is 12.4 Å². The summed E-state index contributed by atoms with van der Waals surface area (Å²) in [4.78, 5) is 0. The highest BCUT2D eigenvalue weighted by Gasteiger charge is 2.44.